The van der Waals surface area contributed by atoms with Gasteiger partial charge in [0, 0.05) is 35.4 Å². The lowest BCUT2D eigenvalue weighted by atomic mass is 10.0. The summed E-state index contributed by atoms with van der Waals surface area (Å²) >= 11 is 7.58. The quantitative estimate of drug-likeness (QED) is 0.469. The van der Waals surface area contributed by atoms with Crippen molar-refractivity contribution >= 4 is 35.0 Å². The Kier molecular flexibility index (Phi) is 7.00. The lowest BCUT2D eigenvalue weighted by Crippen LogP contribution is -2.44. The Morgan fingerprint density at radius 2 is 2.09 bits per heavy atom. The standard InChI is InChI=1S/C23H27ClFN5OS/c1-4-18-7-5-6-10-29(18)21(31)13-32-23-27-22-26-14(2)19(15(3)30(22)28-23)11-16-8-9-17(25)12-20(16)24/h8-9,12,18H,4-7,10-11,13H2,1-3H3. The van der Waals surface area contributed by atoms with Crippen LogP contribution in [0, 0.1) is 19.7 Å². The third-order valence-corrected chi connectivity index (χ3v) is 7.33. The number of benzene rings is 1. The molecule has 2 aromatic heterocycles. The van der Waals surface area contributed by atoms with Gasteiger partial charge in [0.05, 0.1) is 5.75 Å². The van der Waals surface area contributed by atoms with Gasteiger partial charge in [0.2, 0.25) is 11.1 Å². The second-order valence-corrected chi connectivity index (χ2v) is 9.56. The highest BCUT2D eigenvalue weighted by Gasteiger charge is 2.25. The first-order valence-electron chi connectivity index (χ1n) is 11.0. The van der Waals surface area contributed by atoms with Crippen molar-refractivity contribution < 1.29 is 9.18 Å². The predicted molar refractivity (Wildman–Crippen MR) is 125 cm³/mol. The topological polar surface area (TPSA) is 63.4 Å². The summed E-state index contributed by atoms with van der Waals surface area (Å²) in [5, 5.41) is 5.52. The van der Waals surface area contributed by atoms with Gasteiger partial charge in [0.1, 0.15) is 5.82 Å². The second kappa shape index (κ2) is 9.75. The second-order valence-electron chi connectivity index (χ2n) is 8.21. The van der Waals surface area contributed by atoms with E-state index in [4.69, 9.17) is 11.6 Å². The zero-order valence-electron chi connectivity index (χ0n) is 18.6. The van der Waals surface area contributed by atoms with Crippen LogP contribution >= 0.6 is 23.4 Å². The molecule has 1 saturated heterocycles. The lowest BCUT2D eigenvalue weighted by molar-refractivity contribution is -0.132. The van der Waals surface area contributed by atoms with Crippen LogP contribution in [0.4, 0.5) is 4.39 Å². The average Bonchev–Trinajstić information content (AvgIpc) is 3.19. The molecule has 1 amide bonds. The highest BCUT2D eigenvalue weighted by atomic mass is 35.5. The smallest absolute Gasteiger partial charge is 0.253 e. The van der Waals surface area contributed by atoms with Crippen molar-refractivity contribution in [3.8, 4) is 0 Å². The lowest BCUT2D eigenvalue weighted by Gasteiger charge is -2.35. The molecule has 0 saturated carbocycles. The van der Waals surface area contributed by atoms with Crippen LogP contribution in [0.5, 0.6) is 0 Å². The fourth-order valence-corrected chi connectivity index (χ4v) is 5.26. The maximum Gasteiger partial charge on any atom is 0.253 e. The number of fused-ring (bicyclic) bond motifs is 1. The van der Waals surface area contributed by atoms with Gasteiger partial charge in [-0.15, -0.1) is 5.10 Å². The molecule has 6 nitrogen and oxygen atoms in total. The molecule has 0 radical (unpaired) electrons. The molecule has 1 atom stereocenters. The van der Waals surface area contributed by atoms with E-state index in [0.717, 1.165) is 48.3 Å². The van der Waals surface area contributed by atoms with E-state index in [9.17, 15) is 9.18 Å². The average molecular weight is 476 g/mol. The van der Waals surface area contributed by atoms with Crippen molar-refractivity contribution in [3.63, 3.8) is 0 Å². The maximum absolute atomic E-state index is 13.4. The zero-order valence-corrected chi connectivity index (χ0v) is 20.1. The van der Waals surface area contributed by atoms with Gasteiger partial charge >= 0.3 is 0 Å². The third-order valence-electron chi connectivity index (χ3n) is 6.16. The number of nitrogens with zero attached hydrogens (tertiary/aromatic N) is 5. The molecular weight excluding hydrogens is 449 g/mol. The number of hydrogen-bond donors (Lipinski definition) is 0. The van der Waals surface area contributed by atoms with Crippen molar-refractivity contribution in [2.24, 2.45) is 0 Å². The molecule has 1 aliphatic rings. The van der Waals surface area contributed by atoms with Gasteiger partial charge in [-0.25, -0.2) is 13.9 Å². The van der Waals surface area contributed by atoms with Crippen LogP contribution < -0.4 is 0 Å². The van der Waals surface area contributed by atoms with E-state index < -0.39 is 0 Å². The number of hydrogen-bond acceptors (Lipinski definition) is 5. The van der Waals surface area contributed by atoms with Crippen LogP contribution in [0.15, 0.2) is 23.4 Å². The third kappa shape index (κ3) is 4.76. The first-order chi connectivity index (χ1) is 15.4. The summed E-state index contributed by atoms with van der Waals surface area (Å²) in [6, 6.07) is 4.77. The fourth-order valence-electron chi connectivity index (χ4n) is 4.33. The molecule has 1 fully saturated rings. The molecule has 0 aliphatic carbocycles. The minimum absolute atomic E-state index is 0.146. The number of amides is 1. The zero-order chi connectivity index (χ0) is 22.8. The summed E-state index contributed by atoms with van der Waals surface area (Å²) in [7, 11) is 0. The molecule has 32 heavy (non-hydrogen) atoms. The Hall–Kier alpha value is -2.19. The molecule has 3 aromatic rings. The van der Waals surface area contributed by atoms with E-state index >= 15 is 0 Å². The number of carbonyl (C=O) groups is 1. The highest BCUT2D eigenvalue weighted by molar-refractivity contribution is 7.99. The first kappa shape index (κ1) is 23.0. The maximum atomic E-state index is 13.4. The summed E-state index contributed by atoms with van der Waals surface area (Å²) in [5.41, 5.74) is 3.53. The van der Waals surface area contributed by atoms with Gasteiger partial charge in [-0.2, -0.15) is 4.98 Å². The van der Waals surface area contributed by atoms with E-state index in [1.54, 1.807) is 10.6 Å². The monoisotopic (exact) mass is 475 g/mol. The van der Waals surface area contributed by atoms with Crippen LogP contribution in [0.25, 0.3) is 5.78 Å². The van der Waals surface area contributed by atoms with Crippen LogP contribution in [0.1, 0.15) is 55.1 Å². The molecule has 1 aromatic carbocycles. The van der Waals surface area contributed by atoms with Gasteiger partial charge in [0.15, 0.2) is 0 Å². The largest absolute Gasteiger partial charge is 0.339 e. The summed E-state index contributed by atoms with van der Waals surface area (Å²) in [4.78, 5) is 23.9. The highest BCUT2D eigenvalue weighted by Crippen LogP contribution is 2.26. The number of carbonyl (C=O) groups excluding carboxylic acids is 1. The minimum atomic E-state index is -0.358. The van der Waals surface area contributed by atoms with Crippen LogP contribution in [-0.2, 0) is 11.2 Å². The fraction of sp³-hybridized carbons (Fsp3) is 0.478. The van der Waals surface area contributed by atoms with Crippen molar-refractivity contribution in [3.05, 3.63) is 51.6 Å². The molecular formula is C23H27ClFN5OS. The molecule has 1 unspecified atom stereocenters. The Balaban J connectivity index is 1.52. The normalized spacial score (nSPS) is 16.7. The van der Waals surface area contributed by atoms with Gasteiger partial charge in [-0.05, 0) is 62.8 Å². The van der Waals surface area contributed by atoms with Crippen LogP contribution in [-0.4, -0.2) is 48.7 Å². The number of thioether (sulfide) groups is 1. The molecule has 0 bridgehead atoms. The minimum Gasteiger partial charge on any atom is -0.339 e. The summed E-state index contributed by atoms with van der Waals surface area (Å²) in [6.45, 7) is 6.86. The van der Waals surface area contributed by atoms with E-state index in [2.05, 4.69) is 22.0 Å². The summed E-state index contributed by atoms with van der Waals surface area (Å²) in [6.07, 6.45) is 4.87. The van der Waals surface area contributed by atoms with Gasteiger partial charge < -0.3 is 4.90 Å². The molecule has 4 rings (SSSR count). The Morgan fingerprint density at radius 3 is 2.84 bits per heavy atom. The predicted octanol–water partition coefficient (Wildman–Crippen LogP) is 5.01. The van der Waals surface area contributed by atoms with E-state index in [1.807, 2.05) is 18.7 Å². The molecule has 3 heterocycles. The van der Waals surface area contributed by atoms with Gasteiger partial charge in [-0.3, -0.25) is 4.79 Å². The number of aromatic nitrogens is 4. The van der Waals surface area contributed by atoms with Crippen molar-refractivity contribution in [1.29, 1.82) is 0 Å². The van der Waals surface area contributed by atoms with Crippen molar-refractivity contribution in [2.75, 3.05) is 12.3 Å². The first-order valence-corrected chi connectivity index (χ1v) is 12.3. The van der Waals surface area contributed by atoms with E-state index in [-0.39, 0.29) is 11.7 Å². The number of halogens is 2. The summed E-state index contributed by atoms with van der Waals surface area (Å²) < 4.78 is 15.1. The molecule has 9 heteroatoms. The van der Waals surface area contributed by atoms with Crippen molar-refractivity contribution in [1.82, 2.24) is 24.5 Å². The van der Waals surface area contributed by atoms with Crippen LogP contribution in [0.3, 0.4) is 0 Å². The molecule has 0 N–H and O–H groups in total. The van der Waals surface area contributed by atoms with E-state index in [0.29, 0.717) is 34.2 Å². The Labute approximate surface area is 196 Å². The van der Waals surface area contributed by atoms with Gasteiger partial charge in [0.25, 0.3) is 5.78 Å². The summed E-state index contributed by atoms with van der Waals surface area (Å²) in [5.74, 6) is 0.619. The number of piperidine rings is 1. The van der Waals surface area contributed by atoms with Crippen molar-refractivity contribution in [2.45, 2.75) is 64.1 Å². The molecule has 170 valence electrons. The molecule has 0 spiro atoms. The Morgan fingerprint density at radius 1 is 1.28 bits per heavy atom. The van der Waals surface area contributed by atoms with Crippen LogP contribution in [0.2, 0.25) is 5.02 Å². The number of likely N-dealkylation sites (tertiary alicyclic amines) is 1. The number of rotatable bonds is 6. The Bertz CT molecular complexity index is 1150. The number of aryl methyl sites for hydroxylation is 2. The van der Waals surface area contributed by atoms with E-state index in [1.165, 1.54) is 30.3 Å². The SMILES string of the molecule is CCC1CCCCN1C(=O)CSc1nc2nc(C)c(Cc3ccc(F)cc3Cl)c(C)n2n1. The molecule has 1 aliphatic heterocycles. The van der Waals surface area contributed by atoms with Gasteiger partial charge in [-0.1, -0.05) is 36.4 Å².